The van der Waals surface area contributed by atoms with Crippen LogP contribution in [0.5, 0.6) is 11.5 Å². The molecule has 2 aliphatic heterocycles. The van der Waals surface area contributed by atoms with Gasteiger partial charge >= 0.3 is 6.16 Å². The van der Waals surface area contributed by atoms with Gasteiger partial charge in [-0.1, -0.05) is 0 Å². The lowest BCUT2D eigenvalue weighted by atomic mass is 9.97. The summed E-state index contributed by atoms with van der Waals surface area (Å²) in [6.45, 7) is 0. The first-order valence-corrected chi connectivity index (χ1v) is 12.0. The maximum absolute atomic E-state index is 14.8. The van der Waals surface area contributed by atoms with Gasteiger partial charge in [-0.15, -0.1) is 0 Å². The Labute approximate surface area is 187 Å². The molecule has 2 unspecified atom stereocenters. The fraction of sp³-hybridized carbons (Fsp3) is 0.381. The number of rotatable bonds is 4. The number of benzene rings is 2. The van der Waals surface area contributed by atoms with Crippen molar-refractivity contribution in [3.8, 4) is 11.5 Å². The second-order valence-corrected chi connectivity index (χ2v) is 9.67. The molecule has 0 spiro atoms. The number of carbonyl (C=O) groups excluding carboxylic acids is 1. The summed E-state index contributed by atoms with van der Waals surface area (Å²) in [7, 11) is 0. The van der Waals surface area contributed by atoms with E-state index >= 15 is 0 Å². The fourth-order valence-corrected chi connectivity index (χ4v) is 6.29. The van der Waals surface area contributed by atoms with Crippen molar-refractivity contribution in [2.45, 2.75) is 24.7 Å². The predicted octanol–water partition coefficient (Wildman–Crippen LogP) is 6.54. The third kappa shape index (κ3) is 4.41. The van der Waals surface area contributed by atoms with Crippen molar-refractivity contribution in [1.82, 2.24) is 0 Å². The number of ether oxygens (including phenoxy) is 2. The second-order valence-electron chi connectivity index (χ2n) is 7.37. The van der Waals surface area contributed by atoms with Gasteiger partial charge in [-0.2, -0.15) is 23.5 Å². The second kappa shape index (κ2) is 9.46. The molecule has 172 valence electrons. The molecule has 2 heterocycles. The van der Waals surface area contributed by atoms with Crippen LogP contribution in [-0.2, 0) is 0 Å². The summed E-state index contributed by atoms with van der Waals surface area (Å²) >= 11 is 2.92. The zero-order valence-corrected chi connectivity index (χ0v) is 18.0. The van der Waals surface area contributed by atoms with Crippen molar-refractivity contribution in [2.75, 3.05) is 23.0 Å². The fourth-order valence-electron chi connectivity index (χ4n) is 3.82. The highest BCUT2D eigenvalue weighted by Crippen LogP contribution is 2.40. The lowest BCUT2D eigenvalue weighted by molar-refractivity contribution is 0.143. The zero-order chi connectivity index (χ0) is 23.0. The summed E-state index contributed by atoms with van der Waals surface area (Å²) in [5.41, 5.74) is -0.862. The van der Waals surface area contributed by atoms with Crippen LogP contribution < -0.4 is 9.47 Å². The monoisotopic (exact) mass is 494 g/mol. The van der Waals surface area contributed by atoms with Crippen LogP contribution in [0, 0.1) is 34.9 Å². The van der Waals surface area contributed by atoms with Gasteiger partial charge in [0.2, 0.25) is 11.5 Å². The van der Waals surface area contributed by atoms with E-state index in [1.807, 2.05) is 0 Å². The molecule has 32 heavy (non-hydrogen) atoms. The highest BCUT2D eigenvalue weighted by atomic mass is 32.2. The van der Waals surface area contributed by atoms with Crippen LogP contribution in [0.1, 0.15) is 35.8 Å². The number of hydrogen-bond donors (Lipinski definition) is 0. The van der Waals surface area contributed by atoms with Crippen LogP contribution >= 0.6 is 23.5 Å². The van der Waals surface area contributed by atoms with Crippen LogP contribution in [0.15, 0.2) is 12.1 Å². The molecule has 3 nitrogen and oxygen atoms in total. The Morgan fingerprint density at radius 2 is 1.12 bits per heavy atom. The Kier molecular flexibility index (Phi) is 6.85. The molecule has 11 heteroatoms. The van der Waals surface area contributed by atoms with Crippen molar-refractivity contribution >= 4 is 29.7 Å². The van der Waals surface area contributed by atoms with Gasteiger partial charge in [0.05, 0.1) is 0 Å². The minimum Gasteiger partial charge on any atom is -0.388 e. The topological polar surface area (TPSA) is 35.5 Å². The molecule has 0 aliphatic carbocycles. The maximum Gasteiger partial charge on any atom is 0.519 e. The Balaban J connectivity index is 1.61. The minimum atomic E-state index is -1.85. The van der Waals surface area contributed by atoms with Gasteiger partial charge in [0.25, 0.3) is 0 Å². The molecule has 0 saturated carbocycles. The van der Waals surface area contributed by atoms with Gasteiger partial charge in [0, 0.05) is 34.8 Å². The van der Waals surface area contributed by atoms with Crippen molar-refractivity contribution in [2.24, 2.45) is 0 Å². The van der Waals surface area contributed by atoms with Crippen LogP contribution in [-0.4, -0.2) is 29.2 Å². The van der Waals surface area contributed by atoms with Crippen molar-refractivity contribution in [3.63, 3.8) is 0 Å². The first-order valence-electron chi connectivity index (χ1n) is 9.67. The molecule has 0 aromatic heterocycles. The third-order valence-corrected chi connectivity index (χ3v) is 7.70. The lowest BCUT2D eigenvalue weighted by Crippen LogP contribution is -2.19. The molecule has 0 radical (unpaired) electrons. The van der Waals surface area contributed by atoms with E-state index in [4.69, 9.17) is 0 Å². The summed E-state index contributed by atoms with van der Waals surface area (Å²) in [5.74, 6) is -9.57. The summed E-state index contributed by atoms with van der Waals surface area (Å²) in [5, 5.41) is 0. The summed E-state index contributed by atoms with van der Waals surface area (Å²) < 4.78 is 95.3. The summed E-state index contributed by atoms with van der Waals surface area (Å²) in [4.78, 5) is 12.1. The van der Waals surface area contributed by atoms with E-state index in [0.29, 0.717) is 48.0 Å². The highest BCUT2D eigenvalue weighted by molar-refractivity contribution is 7.99. The van der Waals surface area contributed by atoms with Crippen LogP contribution in [0.3, 0.4) is 0 Å². The molecule has 2 saturated heterocycles. The van der Waals surface area contributed by atoms with Crippen LogP contribution in [0.25, 0.3) is 0 Å². The first kappa shape index (κ1) is 23.2. The molecule has 4 rings (SSSR count). The molecule has 2 fully saturated rings. The number of halogens is 6. The van der Waals surface area contributed by atoms with Gasteiger partial charge < -0.3 is 9.47 Å². The largest absolute Gasteiger partial charge is 0.519 e. The van der Waals surface area contributed by atoms with E-state index < -0.39 is 75.5 Å². The van der Waals surface area contributed by atoms with E-state index in [9.17, 15) is 31.1 Å². The van der Waals surface area contributed by atoms with E-state index in [1.165, 1.54) is 23.5 Å². The number of hydrogen-bond acceptors (Lipinski definition) is 5. The number of thioether (sulfide) groups is 2. The van der Waals surface area contributed by atoms with Crippen molar-refractivity contribution in [3.05, 3.63) is 58.2 Å². The molecule has 0 bridgehead atoms. The van der Waals surface area contributed by atoms with Crippen LogP contribution in [0.2, 0.25) is 0 Å². The molecular formula is C21H16F6O3S2. The van der Waals surface area contributed by atoms with Gasteiger partial charge in [-0.05, 0) is 36.2 Å². The van der Waals surface area contributed by atoms with E-state index in [1.54, 1.807) is 0 Å². The quantitative estimate of drug-likeness (QED) is 0.274. The van der Waals surface area contributed by atoms with Gasteiger partial charge in [0.15, 0.2) is 23.3 Å². The Bertz CT molecular complexity index is 971. The van der Waals surface area contributed by atoms with E-state index in [0.717, 1.165) is 0 Å². The Hall–Kier alpha value is -2.01. The first-order chi connectivity index (χ1) is 15.3. The summed E-state index contributed by atoms with van der Waals surface area (Å²) in [6.07, 6.45) is -0.956. The van der Waals surface area contributed by atoms with Gasteiger partial charge in [-0.3, -0.25) is 0 Å². The van der Waals surface area contributed by atoms with Crippen molar-refractivity contribution in [1.29, 1.82) is 0 Å². The molecule has 2 aromatic carbocycles. The Morgan fingerprint density at radius 3 is 1.47 bits per heavy atom. The minimum absolute atomic E-state index is 0.374. The lowest BCUT2D eigenvalue weighted by Gasteiger charge is -2.16. The van der Waals surface area contributed by atoms with Gasteiger partial charge in [0.1, 0.15) is 11.6 Å². The average Bonchev–Trinajstić information content (AvgIpc) is 3.43. The smallest absolute Gasteiger partial charge is 0.388 e. The SMILES string of the molecule is O=C(Oc1c(F)cc(F)c(C2CCSC2)c1F)Oc1c(F)cc(F)c(C2CCSC2)c1F. The molecule has 0 amide bonds. The number of carbonyl (C=O) groups is 1. The third-order valence-electron chi connectivity index (χ3n) is 5.37. The maximum atomic E-state index is 14.8. The molecule has 2 atom stereocenters. The molecular weight excluding hydrogens is 478 g/mol. The molecule has 0 N–H and O–H groups in total. The van der Waals surface area contributed by atoms with E-state index in [2.05, 4.69) is 9.47 Å². The standard InChI is InChI=1S/C21H16F6O3S2/c22-11-5-13(24)19(17(26)15(11)9-1-3-31-7-9)29-21(28)30-20-14(25)6-12(23)16(18(20)27)10-2-4-32-8-10/h5-6,9-10H,1-4,7-8H2. The molecule has 2 aromatic rings. The Morgan fingerprint density at radius 1 is 0.719 bits per heavy atom. The van der Waals surface area contributed by atoms with Crippen LogP contribution in [0.4, 0.5) is 31.1 Å². The zero-order valence-electron chi connectivity index (χ0n) is 16.4. The predicted molar refractivity (Wildman–Crippen MR) is 109 cm³/mol. The normalized spacial score (nSPS) is 20.6. The highest BCUT2D eigenvalue weighted by Gasteiger charge is 2.32. The summed E-state index contributed by atoms with van der Waals surface area (Å²) in [6, 6.07) is 0.748. The average molecular weight is 494 g/mol. The molecule has 2 aliphatic rings. The van der Waals surface area contributed by atoms with Gasteiger partial charge in [-0.25, -0.2) is 31.1 Å². The van der Waals surface area contributed by atoms with Crippen molar-refractivity contribution < 1.29 is 40.6 Å². The van der Waals surface area contributed by atoms with E-state index in [-0.39, 0.29) is 0 Å².